The van der Waals surface area contributed by atoms with Crippen molar-refractivity contribution >= 4 is 40.5 Å². The molecule has 0 unspecified atom stereocenters. The summed E-state index contributed by atoms with van der Waals surface area (Å²) in [5, 5.41) is 20.5. The Morgan fingerprint density at radius 2 is 1.53 bits per heavy atom. The van der Waals surface area contributed by atoms with Gasteiger partial charge in [-0.25, -0.2) is 4.79 Å². The van der Waals surface area contributed by atoms with Crippen molar-refractivity contribution in [3.8, 4) is 39.7 Å². The molecule has 3 aromatic carbocycles. The van der Waals surface area contributed by atoms with Gasteiger partial charge in [0.15, 0.2) is 18.1 Å². The van der Waals surface area contributed by atoms with Gasteiger partial charge in [0.1, 0.15) is 11.3 Å². The van der Waals surface area contributed by atoms with Gasteiger partial charge < -0.3 is 49.2 Å². The van der Waals surface area contributed by atoms with Crippen LogP contribution in [0.25, 0.3) is 39.5 Å². The number of phenols is 1. The topological polar surface area (TPSA) is 179 Å². The summed E-state index contributed by atoms with van der Waals surface area (Å²) in [6.07, 6.45) is 2.93. The first kappa shape index (κ1) is 43.7. The first-order valence-electron chi connectivity index (χ1n) is 19.4. The Morgan fingerprint density at radius 3 is 2.20 bits per heavy atom. The Kier molecular flexibility index (Phi) is 15.9. The van der Waals surface area contributed by atoms with Gasteiger partial charge in [-0.2, -0.15) is 0 Å². The highest BCUT2D eigenvalue weighted by atomic mass is 16.5. The minimum absolute atomic E-state index is 0.119. The molecule has 0 bridgehead atoms. The summed E-state index contributed by atoms with van der Waals surface area (Å²) in [4.78, 5) is 43.1. The average Bonchev–Trinajstić information content (AvgIpc) is 3.23. The number of nitrogens with one attached hydrogen (secondary N) is 3. The number of aromatic hydroxyl groups is 1. The number of amides is 2. The number of aryl methyl sites for hydroxylation is 2. The molecule has 0 spiro atoms. The van der Waals surface area contributed by atoms with Crippen LogP contribution < -0.4 is 30.8 Å². The third-order valence-corrected chi connectivity index (χ3v) is 9.25. The van der Waals surface area contributed by atoms with Crippen LogP contribution in [0.3, 0.4) is 0 Å². The van der Waals surface area contributed by atoms with Crippen LogP contribution in [0, 0.1) is 13.8 Å². The molecule has 1 aliphatic heterocycles. The largest absolute Gasteiger partial charge is 0.502 e. The number of benzene rings is 4. The van der Waals surface area contributed by atoms with Crippen LogP contribution in [-0.2, 0) is 23.8 Å². The molecule has 0 aromatic heterocycles. The number of carbonyl (C=O) groups is 3. The molecule has 3 aromatic rings. The van der Waals surface area contributed by atoms with Gasteiger partial charge in [0, 0.05) is 66.6 Å². The van der Waals surface area contributed by atoms with Crippen molar-refractivity contribution in [2.24, 2.45) is 4.99 Å². The molecule has 0 saturated carbocycles. The summed E-state index contributed by atoms with van der Waals surface area (Å²) in [6, 6.07) is 18.4. The lowest BCUT2D eigenvalue weighted by Crippen LogP contribution is -2.32. The van der Waals surface area contributed by atoms with E-state index in [1.807, 2.05) is 58.0 Å². The third-order valence-electron chi connectivity index (χ3n) is 9.25. The summed E-state index contributed by atoms with van der Waals surface area (Å²) >= 11 is 0. The lowest BCUT2D eigenvalue weighted by atomic mass is 9.89. The van der Waals surface area contributed by atoms with Gasteiger partial charge in [-0.1, -0.05) is 18.2 Å². The zero-order valence-electron chi connectivity index (χ0n) is 34.4. The molecule has 2 amide bonds. The molecule has 2 aliphatic rings. The maximum atomic E-state index is 13.6. The maximum absolute atomic E-state index is 13.6. The molecule has 14 heteroatoms. The van der Waals surface area contributed by atoms with E-state index in [0.717, 1.165) is 45.2 Å². The Morgan fingerprint density at radius 1 is 0.831 bits per heavy atom. The highest BCUT2D eigenvalue weighted by molar-refractivity contribution is 6.08. The predicted molar refractivity (Wildman–Crippen MR) is 226 cm³/mol. The van der Waals surface area contributed by atoms with E-state index >= 15 is 0 Å². The molecular formula is C45H52N4O10. The lowest BCUT2D eigenvalue weighted by molar-refractivity contribution is -0.124. The number of hydrogen-bond donors (Lipinski definition) is 4. The summed E-state index contributed by atoms with van der Waals surface area (Å²) in [7, 11) is 2.85. The molecule has 5 rings (SSSR count). The van der Waals surface area contributed by atoms with Gasteiger partial charge in [-0.05, 0) is 86.4 Å². The minimum Gasteiger partial charge on any atom is -0.502 e. The summed E-state index contributed by atoms with van der Waals surface area (Å²) in [6.45, 7) is 10.5. The van der Waals surface area contributed by atoms with Crippen molar-refractivity contribution in [3.63, 3.8) is 0 Å². The smallest absolute Gasteiger partial charge is 0.339 e. The molecule has 312 valence electrons. The molecule has 59 heavy (non-hydrogen) atoms. The fourth-order valence-corrected chi connectivity index (χ4v) is 6.41. The molecule has 0 radical (unpaired) electrons. The monoisotopic (exact) mass is 808 g/mol. The highest BCUT2D eigenvalue weighted by Gasteiger charge is 2.24. The van der Waals surface area contributed by atoms with E-state index in [2.05, 4.69) is 27.0 Å². The van der Waals surface area contributed by atoms with Crippen molar-refractivity contribution in [3.05, 3.63) is 94.4 Å². The fraction of sp³-hybridized carbons (Fsp3) is 0.333. The van der Waals surface area contributed by atoms with Crippen LogP contribution in [0.1, 0.15) is 40.9 Å². The number of rotatable bonds is 20. The number of phenolic OH excluding ortho intramolecular Hbond substituents is 1. The predicted octanol–water partition coefficient (Wildman–Crippen LogP) is 6.03. The molecule has 4 N–H and O–H groups in total. The Labute approximate surface area is 343 Å². The van der Waals surface area contributed by atoms with E-state index in [9.17, 15) is 19.5 Å². The van der Waals surface area contributed by atoms with E-state index in [4.69, 9.17) is 28.1 Å². The second-order valence-corrected chi connectivity index (χ2v) is 13.4. The molecule has 0 saturated heterocycles. The molecule has 1 heterocycles. The van der Waals surface area contributed by atoms with Crippen molar-refractivity contribution < 1.29 is 47.6 Å². The van der Waals surface area contributed by atoms with Gasteiger partial charge in [0.2, 0.25) is 11.7 Å². The van der Waals surface area contributed by atoms with Crippen LogP contribution in [0.2, 0.25) is 0 Å². The van der Waals surface area contributed by atoms with Crippen LogP contribution in [0.5, 0.6) is 17.2 Å². The number of fused-ring (bicyclic) bond motifs is 2. The van der Waals surface area contributed by atoms with E-state index in [1.165, 1.54) is 20.3 Å². The zero-order valence-corrected chi connectivity index (χ0v) is 34.4. The molecule has 1 aliphatic carbocycles. The molecule has 0 fully saturated rings. The lowest BCUT2D eigenvalue weighted by Gasteiger charge is -2.19. The van der Waals surface area contributed by atoms with Crippen LogP contribution in [-0.4, -0.2) is 96.3 Å². The van der Waals surface area contributed by atoms with E-state index in [0.29, 0.717) is 34.6 Å². The van der Waals surface area contributed by atoms with Crippen LogP contribution in [0.4, 0.5) is 5.69 Å². The summed E-state index contributed by atoms with van der Waals surface area (Å²) in [5.74, 6) is -0.441. The van der Waals surface area contributed by atoms with Crippen molar-refractivity contribution in [2.75, 3.05) is 78.7 Å². The fourth-order valence-electron chi connectivity index (χ4n) is 6.41. The van der Waals surface area contributed by atoms with Crippen molar-refractivity contribution in [2.45, 2.75) is 27.7 Å². The summed E-state index contributed by atoms with van der Waals surface area (Å²) in [5.41, 5.74) is 6.86. The number of ether oxygens (including phenoxy) is 5. The van der Waals surface area contributed by atoms with Gasteiger partial charge in [0.25, 0.3) is 5.91 Å². The highest BCUT2D eigenvalue weighted by Crippen LogP contribution is 2.43. The molecule has 14 nitrogen and oxygen atoms in total. The molecular weight excluding hydrogens is 757 g/mol. The number of nitrogens with zero attached hydrogens (tertiary/aromatic N) is 1. The third kappa shape index (κ3) is 11.4. The normalized spacial score (nSPS) is 11.6. The summed E-state index contributed by atoms with van der Waals surface area (Å²) < 4.78 is 33.3. The first-order chi connectivity index (χ1) is 28.6. The SMILES string of the molecule is CCN=c1cc2oc3cc(NCC)c(C)cc3c(-c3ccccc3C(=O)OCC(=O)NCCOCCOCCNC(=O)/C=C/c3cc(OC)c(O)c(OC)c3)c-2cc1C. The Hall–Kier alpha value is -6.38. The quantitative estimate of drug-likeness (QED) is 0.0312. The van der Waals surface area contributed by atoms with Crippen molar-refractivity contribution in [1.82, 2.24) is 10.6 Å². The maximum Gasteiger partial charge on any atom is 0.339 e. The first-order valence-corrected chi connectivity index (χ1v) is 19.4. The van der Waals surface area contributed by atoms with Crippen molar-refractivity contribution in [1.29, 1.82) is 0 Å². The second kappa shape index (κ2) is 21.4. The average molecular weight is 809 g/mol. The van der Waals surface area contributed by atoms with Crippen LogP contribution >= 0.6 is 0 Å². The number of carbonyl (C=O) groups excluding carboxylic acids is 3. The Balaban J connectivity index is 1.09. The second-order valence-electron chi connectivity index (χ2n) is 13.4. The number of esters is 1. The number of anilines is 1. The van der Waals surface area contributed by atoms with E-state index in [-0.39, 0.29) is 62.7 Å². The Bertz CT molecular complexity index is 2310. The van der Waals surface area contributed by atoms with Gasteiger partial charge >= 0.3 is 5.97 Å². The number of methoxy groups -OCH3 is 2. The van der Waals surface area contributed by atoms with Gasteiger partial charge in [0.05, 0.1) is 51.6 Å². The number of hydrogen-bond acceptors (Lipinski definition) is 12. The van der Waals surface area contributed by atoms with E-state index < -0.39 is 18.5 Å². The van der Waals surface area contributed by atoms with Crippen LogP contribution in [0.15, 0.2) is 76.1 Å². The van der Waals surface area contributed by atoms with Gasteiger partial charge in [-0.3, -0.25) is 14.6 Å². The standard InChI is InChI=1S/C45H52N4O10/c1-7-46-35-25-37-33(21-28(35)3)43(34-22-29(4)36(47-8-2)26-38(34)59-37)31-11-9-10-12-32(31)45(53)58-27-42(51)49-16-18-57-20-19-56-17-15-48-41(50)14-13-30-23-39(54-5)44(52)40(24-30)55-6/h9-14,21-26,46,52H,7-8,15-20,27H2,1-6H3,(H,48,50)(H,49,51)/b14-13+,47-36?. The van der Waals surface area contributed by atoms with E-state index in [1.54, 1.807) is 30.3 Å². The zero-order chi connectivity index (χ0) is 42.3. The minimum atomic E-state index is -0.632. The molecule has 0 atom stereocenters. The van der Waals surface area contributed by atoms with Gasteiger partial charge in [-0.15, -0.1) is 0 Å².